The van der Waals surface area contributed by atoms with Crippen molar-refractivity contribution in [3.05, 3.63) is 11.0 Å². The smallest absolute Gasteiger partial charge is 0.410 e. The average molecular weight is 528 g/mol. The molecule has 3 aliphatic heterocycles. The lowest BCUT2D eigenvalue weighted by Gasteiger charge is -2.48. The Morgan fingerprint density at radius 2 is 1.94 bits per heavy atom. The molecule has 2 bridgehead atoms. The van der Waals surface area contributed by atoms with E-state index in [1.54, 1.807) is 4.90 Å². The van der Waals surface area contributed by atoms with Gasteiger partial charge in [0.15, 0.2) is 11.0 Å². The number of pyridine rings is 1. The third-order valence-corrected chi connectivity index (χ3v) is 8.41. The van der Waals surface area contributed by atoms with E-state index >= 15 is 4.39 Å². The minimum absolute atomic E-state index is 0.0576. The molecule has 2 saturated heterocycles. The third-order valence-electron chi connectivity index (χ3n) is 6.66. The van der Waals surface area contributed by atoms with Crippen LogP contribution >= 0.6 is 11.6 Å². The van der Waals surface area contributed by atoms with Gasteiger partial charge in [0, 0.05) is 13.0 Å². The van der Waals surface area contributed by atoms with E-state index in [1.807, 2.05) is 25.7 Å². The standard InChI is InChI=1S/C22H27ClFN5O5S/c1-5-35(31,32)20-25-16-14-18(27-20)28-10-11-6-7-13(29(11)21(30)34-22(2,3)4)12(28)8-9-33-19(14)26-17(23)15(16)24/h11-13H,5-10H2,1-4H3/t11-,12+,13+/m1/s1. The number of nitrogens with zero attached hydrogens (tertiary/aromatic N) is 5. The van der Waals surface area contributed by atoms with Gasteiger partial charge in [0.25, 0.3) is 0 Å². The first-order valence-electron chi connectivity index (χ1n) is 11.6. The van der Waals surface area contributed by atoms with E-state index in [-0.39, 0.29) is 59.2 Å². The van der Waals surface area contributed by atoms with Crippen molar-refractivity contribution in [3.63, 3.8) is 0 Å². The van der Waals surface area contributed by atoms with Crippen LogP contribution < -0.4 is 9.64 Å². The van der Waals surface area contributed by atoms with E-state index in [0.29, 0.717) is 13.0 Å². The highest BCUT2D eigenvalue weighted by atomic mass is 35.5. The lowest BCUT2D eigenvalue weighted by Crippen LogP contribution is -2.62. The summed E-state index contributed by atoms with van der Waals surface area (Å²) in [4.78, 5) is 29.3. The van der Waals surface area contributed by atoms with Gasteiger partial charge in [0.2, 0.25) is 20.9 Å². The molecule has 13 heteroatoms. The molecule has 190 valence electrons. The van der Waals surface area contributed by atoms with Crippen LogP contribution in [-0.2, 0) is 14.6 Å². The highest BCUT2D eigenvalue weighted by Crippen LogP contribution is 2.44. The lowest BCUT2D eigenvalue weighted by molar-refractivity contribution is 0.00637. The van der Waals surface area contributed by atoms with Crippen molar-refractivity contribution >= 4 is 44.3 Å². The Morgan fingerprint density at radius 1 is 1.20 bits per heavy atom. The van der Waals surface area contributed by atoms with Gasteiger partial charge < -0.3 is 14.4 Å². The van der Waals surface area contributed by atoms with Gasteiger partial charge in [-0.15, -0.1) is 0 Å². The predicted molar refractivity (Wildman–Crippen MR) is 126 cm³/mol. The van der Waals surface area contributed by atoms with E-state index < -0.39 is 31.6 Å². The molecule has 2 fully saturated rings. The van der Waals surface area contributed by atoms with E-state index in [4.69, 9.17) is 21.1 Å². The Kier molecular flexibility index (Phi) is 5.74. The molecule has 0 aliphatic carbocycles. The number of amides is 1. The molecule has 3 aliphatic rings. The monoisotopic (exact) mass is 527 g/mol. The van der Waals surface area contributed by atoms with E-state index in [0.717, 1.165) is 12.8 Å². The summed E-state index contributed by atoms with van der Waals surface area (Å²) in [5.41, 5.74) is -0.888. The maximum Gasteiger partial charge on any atom is 0.410 e. The van der Waals surface area contributed by atoms with Gasteiger partial charge in [-0.05, 0) is 33.6 Å². The van der Waals surface area contributed by atoms with Crippen molar-refractivity contribution in [2.75, 3.05) is 23.8 Å². The molecular weight excluding hydrogens is 501 g/mol. The Morgan fingerprint density at radius 3 is 2.63 bits per heavy atom. The molecule has 10 nitrogen and oxygen atoms in total. The van der Waals surface area contributed by atoms with Crippen LogP contribution in [0.5, 0.6) is 5.88 Å². The quantitative estimate of drug-likeness (QED) is 0.428. The van der Waals surface area contributed by atoms with Crippen molar-refractivity contribution in [1.29, 1.82) is 0 Å². The summed E-state index contributed by atoms with van der Waals surface area (Å²) in [6.45, 7) is 7.56. The maximum absolute atomic E-state index is 15.1. The lowest BCUT2D eigenvalue weighted by atomic mass is 9.99. The zero-order valence-corrected chi connectivity index (χ0v) is 21.5. The first kappa shape index (κ1) is 24.2. The molecule has 35 heavy (non-hydrogen) atoms. The Balaban J connectivity index is 1.67. The van der Waals surface area contributed by atoms with Crippen LogP contribution in [0, 0.1) is 5.82 Å². The number of carbonyl (C=O) groups is 1. The number of aromatic nitrogens is 3. The summed E-state index contributed by atoms with van der Waals surface area (Å²) in [5, 5.41) is -0.753. The molecule has 5 heterocycles. The summed E-state index contributed by atoms with van der Waals surface area (Å²) in [5.74, 6) is -0.895. The van der Waals surface area contributed by atoms with Crippen LogP contribution in [0.3, 0.4) is 0 Å². The Bertz CT molecular complexity index is 1320. The fraction of sp³-hybridized carbons (Fsp3) is 0.636. The normalized spacial score (nSPS) is 24.0. The second-order valence-corrected chi connectivity index (χ2v) is 12.6. The molecule has 0 radical (unpaired) electrons. The van der Waals surface area contributed by atoms with E-state index in [9.17, 15) is 13.2 Å². The van der Waals surface area contributed by atoms with Crippen molar-refractivity contribution in [2.24, 2.45) is 0 Å². The highest BCUT2D eigenvalue weighted by molar-refractivity contribution is 7.91. The summed E-state index contributed by atoms with van der Waals surface area (Å²) >= 11 is 6.00. The molecule has 0 saturated carbocycles. The Hall–Kier alpha value is -2.47. The van der Waals surface area contributed by atoms with Crippen LogP contribution in [0.2, 0.25) is 5.15 Å². The topological polar surface area (TPSA) is 115 Å². The molecule has 1 amide bonds. The Labute approximate surface area is 207 Å². The van der Waals surface area contributed by atoms with Crippen molar-refractivity contribution in [1.82, 2.24) is 19.9 Å². The molecule has 5 rings (SSSR count). The fourth-order valence-corrected chi connectivity index (χ4v) is 6.04. The van der Waals surface area contributed by atoms with Crippen LogP contribution in [0.4, 0.5) is 15.0 Å². The number of halogens is 2. The van der Waals surface area contributed by atoms with Gasteiger partial charge >= 0.3 is 6.09 Å². The summed E-state index contributed by atoms with van der Waals surface area (Å²) in [6.07, 6.45) is 1.63. The summed E-state index contributed by atoms with van der Waals surface area (Å²) in [6, 6.07) is -0.616. The molecular formula is C22H27ClFN5O5S. The molecule has 0 spiro atoms. The molecule has 0 unspecified atom stereocenters. The maximum atomic E-state index is 15.1. The van der Waals surface area contributed by atoms with Gasteiger partial charge in [0.1, 0.15) is 22.3 Å². The first-order valence-corrected chi connectivity index (χ1v) is 13.6. The van der Waals surface area contributed by atoms with Crippen LogP contribution in [0.15, 0.2) is 5.16 Å². The second kappa shape index (κ2) is 8.29. The first-order chi connectivity index (χ1) is 16.4. The molecule has 2 aromatic heterocycles. The number of ether oxygens (including phenoxy) is 2. The molecule has 2 aromatic rings. The van der Waals surface area contributed by atoms with Crippen LogP contribution in [0.1, 0.15) is 47.0 Å². The summed E-state index contributed by atoms with van der Waals surface area (Å²) in [7, 11) is -3.86. The highest BCUT2D eigenvalue weighted by Gasteiger charge is 2.51. The van der Waals surface area contributed by atoms with Crippen LogP contribution in [-0.4, -0.2) is 77.0 Å². The number of hydrogen-bond donors (Lipinski definition) is 0. The molecule has 0 N–H and O–H groups in total. The zero-order valence-electron chi connectivity index (χ0n) is 19.9. The SMILES string of the molecule is CCS(=O)(=O)c1nc2c3c(nc(Cl)c(F)c3n1)OCC[C@H]1[C@@H]3CC[C@H](CN21)N3C(=O)OC(C)(C)C. The fourth-order valence-electron chi connectivity index (χ4n) is 5.16. The van der Waals surface area contributed by atoms with Crippen molar-refractivity contribution in [2.45, 2.75) is 75.8 Å². The van der Waals surface area contributed by atoms with Gasteiger partial charge in [-0.1, -0.05) is 18.5 Å². The van der Waals surface area contributed by atoms with Gasteiger partial charge in [-0.3, -0.25) is 4.90 Å². The zero-order chi connectivity index (χ0) is 25.3. The van der Waals surface area contributed by atoms with Crippen molar-refractivity contribution in [3.8, 4) is 5.88 Å². The van der Waals surface area contributed by atoms with E-state index in [1.165, 1.54) is 6.92 Å². The minimum Gasteiger partial charge on any atom is -0.477 e. The van der Waals surface area contributed by atoms with Gasteiger partial charge in [0.05, 0.1) is 30.5 Å². The predicted octanol–water partition coefficient (Wildman–Crippen LogP) is 3.35. The average Bonchev–Trinajstić information content (AvgIpc) is 3.10. The second-order valence-electron chi connectivity index (χ2n) is 10.0. The van der Waals surface area contributed by atoms with Crippen LogP contribution in [0.25, 0.3) is 10.9 Å². The number of carbonyl (C=O) groups excluding carboxylic acids is 1. The number of rotatable bonds is 2. The third kappa shape index (κ3) is 4.04. The largest absolute Gasteiger partial charge is 0.477 e. The minimum atomic E-state index is -3.86. The van der Waals surface area contributed by atoms with Gasteiger partial charge in [-0.2, -0.15) is 4.98 Å². The summed E-state index contributed by atoms with van der Waals surface area (Å²) < 4.78 is 52.1. The number of sulfone groups is 1. The van der Waals surface area contributed by atoms with E-state index in [2.05, 4.69) is 15.0 Å². The van der Waals surface area contributed by atoms with Gasteiger partial charge in [-0.25, -0.2) is 27.6 Å². The number of anilines is 1. The van der Waals surface area contributed by atoms with Crippen molar-refractivity contribution < 1.29 is 27.1 Å². The molecule has 0 aromatic carbocycles. The number of piperazine rings is 1. The number of hydrogen-bond acceptors (Lipinski definition) is 9. The number of fused-ring (bicyclic) bond motifs is 5. The molecule has 3 atom stereocenters.